The minimum absolute atomic E-state index is 0.499. The van der Waals surface area contributed by atoms with Crippen molar-refractivity contribution in [3.8, 4) is 0 Å². The predicted molar refractivity (Wildman–Crippen MR) is 93.0 cm³/mol. The molecule has 21 heavy (non-hydrogen) atoms. The molecule has 0 amide bonds. The molecule has 0 spiro atoms. The summed E-state index contributed by atoms with van der Waals surface area (Å²) < 4.78 is 0. The van der Waals surface area contributed by atoms with Gasteiger partial charge in [0.25, 0.3) is 0 Å². The monoisotopic (exact) mass is 309 g/mol. The zero-order chi connectivity index (χ0) is 15.2. The van der Waals surface area contributed by atoms with Crippen molar-refractivity contribution in [2.45, 2.75) is 38.8 Å². The summed E-state index contributed by atoms with van der Waals surface area (Å²) in [4.78, 5) is 6.41. The fraction of sp³-hybridized carbons (Fsp3) is 0.765. The van der Waals surface area contributed by atoms with E-state index in [1.54, 1.807) is 0 Å². The summed E-state index contributed by atoms with van der Waals surface area (Å²) in [5, 5.41) is 5.98. The van der Waals surface area contributed by atoms with Crippen LogP contribution in [0.25, 0.3) is 0 Å². The van der Waals surface area contributed by atoms with Gasteiger partial charge < -0.3 is 15.1 Å². The quantitative estimate of drug-likeness (QED) is 0.835. The van der Waals surface area contributed by atoms with E-state index < -0.39 is 0 Å². The van der Waals surface area contributed by atoms with E-state index in [-0.39, 0.29) is 0 Å². The van der Waals surface area contributed by atoms with Gasteiger partial charge in [-0.3, -0.25) is 0 Å². The van der Waals surface area contributed by atoms with Gasteiger partial charge in [0.15, 0.2) is 0 Å². The lowest BCUT2D eigenvalue weighted by Crippen LogP contribution is -2.45. The second-order valence-electron chi connectivity index (χ2n) is 6.87. The molecule has 0 aliphatic carbocycles. The van der Waals surface area contributed by atoms with Gasteiger partial charge in [-0.1, -0.05) is 19.9 Å². The topological polar surface area (TPSA) is 18.5 Å². The molecule has 1 aromatic heterocycles. The molecule has 1 atom stereocenters. The Hall–Kier alpha value is -0.420. The number of piperidine rings is 1. The van der Waals surface area contributed by atoms with Crippen molar-refractivity contribution < 1.29 is 0 Å². The molecule has 2 rings (SSSR count). The highest BCUT2D eigenvalue weighted by Gasteiger charge is 2.21. The molecule has 2 heterocycles. The maximum absolute atomic E-state index is 3.80. The third kappa shape index (κ3) is 5.37. The van der Waals surface area contributed by atoms with E-state index in [0.29, 0.717) is 12.1 Å². The molecule has 0 saturated carbocycles. The number of thiophene rings is 1. The Kier molecular flexibility index (Phi) is 6.68. The van der Waals surface area contributed by atoms with Crippen molar-refractivity contribution in [3.63, 3.8) is 0 Å². The SMILES string of the molecule is CC(C)CN1CCC(NCC(c2cccs2)N(C)C)CC1. The molecular weight excluding hydrogens is 278 g/mol. The fourth-order valence-corrected chi connectivity index (χ4v) is 4.06. The van der Waals surface area contributed by atoms with E-state index in [4.69, 9.17) is 0 Å². The molecule has 1 N–H and O–H groups in total. The molecule has 1 unspecified atom stereocenters. The summed E-state index contributed by atoms with van der Waals surface area (Å²) >= 11 is 1.86. The lowest BCUT2D eigenvalue weighted by Gasteiger charge is -2.34. The predicted octanol–water partition coefficient (Wildman–Crippen LogP) is 3.06. The molecule has 1 aromatic rings. The Morgan fingerprint density at radius 2 is 2.05 bits per heavy atom. The Balaban J connectivity index is 1.75. The Labute approximate surface area is 134 Å². The summed E-state index contributed by atoms with van der Waals surface area (Å²) in [6, 6.07) is 5.60. The van der Waals surface area contributed by atoms with E-state index >= 15 is 0 Å². The second kappa shape index (κ2) is 8.28. The van der Waals surface area contributed by atoms with Crippen LogP contribution in [0.3, 0.4) is 0 Å². The van der Waals surface area contributed by atoms with E-state index in [9.17, 15) is 0 Å². The average molecular weight is 310 g/mol. The lowest BCUT2D eigenvalue weighted by atomic mass is 10.0. The van der Waals surface area contributed by atoms with E-state index in [1.807, 2.05) is 11.3 Å². The highest BCUT2D eigenvalue weighted by Crippen LogP contribution is 2.23. The van der Waals surface area contributed by atoms with Crippen LogP contribution in [0.4, 0.5) is 0 Å². The van der Waals surface area contributed by atoms with Gasteiger partial charge in [0.2, 0.25) is 0 Å². The number of rotatable bonds is 7. The van der Waals surface area contributed by atoms with Gasteiger partial charge >= 0.3 is 0 Å². The van der Waals surface area contributed by atoms with Gasteiger partial charge in [-0.2, -0.15) is 0 Å². The highest BCUT2D eigenvalue weighted by molar-refractivity contribution is 7.10. The molecule has 0 bridgehead atoms. The van der Waals surface area contributed by atoms with Gasteiger partial charge in [0.1, 0.15) is 0 Å². The van der Waals surface area contributed by atoms with Crippen LogP contribution < -0.4 is 5.32 Å². The first-order valence-electron chi connectivity index (χ1n) is 8.22. The van der Waals surface area contributed by atoms with Crippen LogP contribution in [0, 0.1) is 5.92 Å². The van der Waals surface area contributed by atoms with Crippen LogP contribution in [0.5, 0.6) is 0 Å². The van der Waals surface area contributed by atoms with Crippen LogP contribution in [0.1, 0.15) is 37.6 Å². The van der Waals surface area contributed by atoms with Gasteiger partial charge in [-0.05, 0) is 57.4 Å². The summed E-state index contributed by atoms with van der Waals surface area (Å²) in [5.74, 6) is 0.784. The van der Waals surface area contributed by atoms with Crippen molar-refractivity contribution in [2.24, 2.45) is 5.92 Å². The second-order valence-corrected chi connectivity index (χ2v) is 7.85. The van der Waals surface area contributed by atoms with Gasteiger partial charge in [-0.25, -0.2) is 0 Å². The number of nitrogens with zero attached hydrogens (tertiary/aromatic N) is 2. The summed E-state index contributed by atoms with van der Waals surface area (Å²) in [7, 11) is 4.36. The van der Waals surface area contributed by atoms with Crippen molar-refractivity contribution in [3.05, 3.63) is 22.4 Å². The Bertz CT molecular complexity index is 381. The molecule has 3 nitrogen and oxygen atoms in total. The van der Waals surface area contributed by atoms with Gasteiger partial charge in [-0.15, -0.1) is 11.3 Å². The summed E-state index contributed by atoms with van der Waals surface area (Å²) in [5.41, 5.74) is 0. The zero-order valence-corrected chi connectivity index (χ0v) is 14.8. The third-order valence-electron chi connectivity index (χ3n) is 4.31. The van der Waals surface area contributed by atoms with Crippen molar-refractivity contribution in [1.82, 2.24) is 15.1 Å². The van der Waals surface area contributed by atoms with E-state index in [1.165, 1.54) is 37.4 Å². The number of likely N-dealkylation sites (tertiary alicyclic amines) is 1. The zero-order valence-electron chi connectivity index (χ0n) is 14.0. The molecule has 1 aliphatic rings. The molecule has 0 aromatic carbocycles. The molecule has 1 aliphatic heterocycles. The smallest absolute Gasteiger partial charge is 0.0561 e. The number of hydrogen-bond acceptors (Lipinski definition) is 4. The van der Waals surface area contributed by atoms with Crippen LogP contribution in [0.15, 0.2) is 17.5 Å². The van der Waals surface area contributed by atoms with Crippen LogP contribution in [-0.2, 0) is 0 Å². The molecular formula is C17H31N3S. The highest BCUT2D eigenvalue weighted by atomic mass is 32.1. The molecule has 1 saturated heterocycles. The van der Waals surface area contributed by atoms with Crippen LogP contribution >= 0.6 is 11.3 Å². The fourth-order valence-electron chi connectivity index (χ4n) is 3.13. The largest absolute Gasteiger partial charge is 0.312 e. The van der Waals surface area contributed by atoms with Gasteiger partial charge in [0, 0.05) is 24.0 Å². The lowest BCUT2D eigenvalue weighted by molar-refractivity contribution is 0.173. The number of likely N-dealkylation sites (N-methyl/N-ethyl adjacent to an activating group) is 1. The first-order valence-corrected chi connectivity index (χ1v) is 9.09. The summed E-state index contributed by atoms with van der Waals surface area (Å²) in [6.45, 7) is 9.44. The molecule has 120 valence electrons. The van der Waals surface area contributed by atoms with Gasteiger partial charge in [0.05, 0.1) is 6.04 Å². The Morgan fingerprint density at radius 3 is 2.57 bits per heavy atom. The molecule has 1 fully saturated rings. The number of hydrogen-bond donors (Lipinski definition) is 1. The Morgan fingerprint density at radius 1 is 1.33 bits per heavy atom. The van der Waals surface area contributed by atoms with Crippen molar-refractivity contribution in [2.75, 3.05) is 40.3 Å². The first kappa shape index (κ1) is 16.9. The van der Waals surface area contributed by atoms with Crippen LogP contribution in [0.2, 0.25) is 0 Å². The molecule has 0 radical (unpaired) electrons. The maximum atomic E-state index is 3.80. The minimum Gasteiger partial charge on any atom is -0.312 e. The summed E-state index contributed by atoms with van der Waals surface area (Å²) in [6.07, 6.45) is 2.58. The third-order valence-corrected chi connectivity index (χ3v) is 5.28. The molecule has 4 heteroatoms. The average Bonchev–Trinajstić information content (AvgIpc) is 2.94. The van der Waals surface area contributed by atoms with Crippen molar-refractivity contribution >= 4 is 11.3 Å². The first-order chi connectivity index (χ1) is 10.1. The maximum Gasteiger partial charge on any atom is 0.0561 e. The standard InChI is InChI=1S/C17H31N3S/c1-14(2)13-20-9-7-15(8-10-20)18-12-16(19(3)4)17-6-5-11-21-17/h5-6,11,14-16,18H,7-10,12-13H2,1-4H3. The van der Waals surface area contributed by atoms with E-state index in [0.717, 1.165) is 12.5 Å². The number of nitrogens with one attached hydrogen (secondary N) is 1. The van der Waals surface area contributed by atoms with E-state index in [2.05, 4.69) is 60.6 Å². The van der Waals surface area contributed by atoms with Crippen LogP contribution in [-0.4, -0.2) is 56.1 Å². The normalized spacial score (nSPS) is 19.5. The van der Waals surface area contributed by atoms with Crippen molar-refractivity contribution in [1.29, 1.82) is 0 Å². The minimum atomic E-state index is 0.499.